The van der Waals surface area contributed by atoms with Crippen LogP contribution in [0.3, 0.4) is 0 Å². The van der Waals surface area contributed by atoms with E-state index in [1.54, 1.807) is 18.2 Å². The highest BCUT2D eigenvalue weighted by molar-refractivity contribution is 5.67. The Kier molecular flexibility index (Phi) is 6.95. The summed E-state index contributed by atoms with van der Waals surface area (Å²) in [6.45, 7) is 4.53. The summed E-state index contributed by atoms with van der Waals surface area (Å²) in [5.41, 5.74) is 0.956. The van der Waals surface area contributed by atoms with Crippen molar-refractivity contribution in [2.75, 3.05) is 6.61 Å². The van der Waals surface area contributed by atoms with Gasteiger partial charge in [0.25, 0.3) is 0 Å². The summed E-state index contributed by atoms with van der Waals surface area (Å²) in [6.07, 6.45) is -0.144. The number of rotatable bonds is 9. The van der Waals surface area contributed by atoms with E-state index in [2.05, 4.69) is 0 Å². The fourth-order valence-electron chi connectivity index (χ4n) is 2.32. The minimum atomic E-state index is -1.02. The van der Waals surface area contributed by atoms with Crippen LogP contribution in [0.4, 0.5) is 8.78 Å². The number of benzene rings is 2. The van der Waals surface area contributed by atoms with Crippen molar-refractivity contribution in [2.24, 2.45) is 5.92 Å². The van der Waals surface area contributed by atoms with E-state index in [4.69, 9.17) is 14.6 Å². The summed E-state index contributed by atoms with van der Waals surface area (Å²) in [5, 5.41) is 8.66. The first-order valence-corrected chi connectivity index (χ1v) is 8.40. The van der Waals surface area contributed by atoms with Gasteiger partial charge in [0.15, 0.2) is 17.4 Å². The van der Waals surface area contributed by atoms with E-state index in [0.29, 0.717) is 23.8 Å². The number of para-hydroxylation sites is 1. The van der Waals surface area contributed by atoms with E-state index >= 15 is 0 Å². The second-order valence-electron chi connectivity index (χ2n) is 6.38. The van der Waals surface area contributed by atoms with Crippen molar-refractivity contribution in [1.29, 1.82) is 0 Å². The molecule has 2 aromatic carbocycles. The molecule has 0 radical (unpaired) electrons. The van der Waals surface area contributed by atoms with E-state index in [1.807, 2.05) is 19.9 Å². The Morgan fingerprint density at radius 1 is 1.12 bits per heavy atom. The molecule has 0 amide bonds. The Morgan fingerprint density at radius 2 is 1.77 bits per heavy atom. The van der Waals surface area contributed by atoms with Crippen molar-refractivity contribution < 1.29 is 28.2 Å². The molecule has 0 atom stereocenters. The molecule has 0 aliphatic carbocycles. The first kappa shape index (κ1) is 19.7. The Labute approximate surface area is 151 Å². The predicted molar refractivity (Wildman–Crippen MR) is 93.4 cm³/mol. The highest BCUT2D eigenvalue weighted by atomic mass is 19.1. The van der Waals surface area contributed by atoms with Gasteiger partial charge in [0.1, 0.15) is 12.4 Å². The fraction of sp³-hybridized carbons (Fsp3) is 0.350. The van der Waals surface area contributed by atoms with Crippen LogP contribution in [0, 0.1) is 17.6 Å². The lowest BCUT2D eigenvalue weighted by Gasteiger charge is -2.14. The molecule has 0 spiro atoms. The Hall–Kier alpha value is -2.63. The lowest BCUT2D eigenvalue weighted by atomic mass is 10.1. The monoisotopic (exact) mass is 364 g/mol. The number of hydrogen-bond donors (Lipinski definition) is 1. The van der Waals surface area contributed by atoms with Gasteiger partial charge >= 0.3 is 5.97 Å². The molecule has 0 aromatic heterocycles. The second kappa shape index (κ2) is 9.17. The summed E-state index contributed by atoms with van der Waals surface area (Å²) < 4.78 is 39.3. The van der Waals surface area contributed by atoms with Crippen LogP contribution in [-0.2, 0) is 17.8 Å². The van der Waals surface area contributed by atoms with E-state index < -0.39 is 23.4 Å². The van der Waals surface area contributed by atoms with Gasteiger partial charge < -0.3 is 14.6 Å². The van der Waals surface area contributed by atoms with Crippen molar-refractivity contribution in [3.05, 3.63) is 59.2 Å². The summed E-state index contributed by atoms with van der Waals surface area (Å²) in [6, 6.07) is 9.36. The molecule has 26 heavy (non-hydrogen) atoms. The third kappa shape index (κ3) is 5.72. The average molecular weight is 364 g/mol. The quantitative estimate of drug-likeness (QED) is 0.707. The molecule has 6 heteroatoms. The van der Waals surface area contributed by atoms with Crippen LogP contribution in [0.15, 0.2) is 36.4 Å². The third-order valence-corrected chi connectivity index (χ3v) is 3.60. The molecule has 0 unspecified atom stereocenters. The number of ether oxygens (including phenoxy) is 2. The number of aliphatic carboxylic acids is 1. The summed E-state index contributed by atoms with van der Waals surface area (Å²) in [5.74, 6) is -2.26. The minimum absolute atomic E-state index is 0.0451. The molecule has 2 rings (SSSR count). The molecule has 4 nitrogen and oxygen atoms in total. The van der Waals surface area contributed by atoms with Gasteiger partial charge in [-0.15, -0.1) is 0 Å². The van der Waals surface area contributed by atoms with Crippen molar-refractivity contribution in [2.45, 2.75) is 33.3 Å². The lowest BCUT2D eigenvalue weighted by Crippen LogP contribution is -2.08. The number of carboxylic acids is 1. The predicted octanol–water partition coefficient (Wildman–Crippen LogP) is 4.60. The topological polar surface area (TPSA) is 55.8 Å². The highest BCUT2D eigenvalue weighted by Crippen LogP contribution is 2.27. The largest absolute Gasteiger partial charge is 0.493 e. The van der Waals surface area contributed by atoms with E-state index in [1.165, 1.54) is 0 Å². The minimum Gasteiger partial charge on any atom is -0.493 e. The Bertz CT molecular complexity index is 736. The fourth-order valence-corrected chi connectivity index (χ4v) is 2.32. The lowest BCUT2D eigenvalue weighted by molar-refractivity contribution is -0.136. The first-order chi connectivity index (χ1) is 12.4. The molecule has 2 aromatic rings. The first-order valence-electron chi connectivity index (χ1n) is 8.40. The van der Waals surface area contributed by atoms with E-state index in [-0.39, 0.29) is 25.0 Å². The summed E-state index contributed by atoms with van der Waals surface area (Å²) in [7, 11) is 0. The zero-order chi connectivity index (χ0) is 19.1. The SMILES string of the molecule is CC(C)COc1ccccc1COc1c(F)cc(CCC(=O)O)cc1F. The number of carboxylic acid groups (broad SMARTS) is 1. The van der Waals surface area contributed by atoms with Crippen LogP contribution in [0.5, 0.6) is 11.5 Å². The summed E-state index contributed by atoms with van der Waals surface area (Å²) in [4.78, 5) is 10.6. The normalized spacial score (nSPS) is 10.8. The average Bonchev–Trinajstić information content (AvgIpc) is 2.58. The van der Waals surface area contributed by atoms with Crippen LogP contribution >= 0.6 is 0 Å². The number of carbonyl (C=O) groups is 1. The Balaban J connectivity index is 2.09. The van der Waals surface area contributed by atoms with Gasteiger partial charge in [-0.05, 0) is 36.1 Å². The molecule has 1 N–H and O–H groups in total. The number of halogens is 2. The Morgan fingerprint density at radius 3 is 2.38 bits per heavy atom. The molecule has 140 valence electrons. The van der Waals surface area contributed by atoms with Crippen LogP contribution in [0.25, 0.3) is 0 Å². The van der Waals surface area contributed by atoms with Crippen molar-refractivity contribution in [3.8, 4) is 11.5 Å². The van der Waals surface area contributed by atoms with Crippen LogP contribution in [0.1, 0.15) is 31.4 Å². The highest BCUT2D eigenvalue weighted by Gasteiger charge is 2.15. The van der Waals surface area contributed by atoms with Crippen molar-refractivity contribution in [1.82, 2.24) is 0 Å². The van der Waals surface area contributed by atoms with E-state index in [9.17, 15) is 13.6 Å². The third-order valence-electron chi connectivity index (χ3n) is 3.60. The molecular weight excluding hydrogens is 342 g/mol. The molecule has 0 bridgehead atoms. The summed E-state index contributed by atoms with van der Waals surface area (Å²) >= 11 is 0. The van der Waals surface area contributed by atoms with Gasteiger partial charge in [-0.3, -0.25) is 4.79 Å². The van der Waals surface area contributed by atoms with Gasteiger partial charge in [-0.25, -0.2) is 8.78 Å². The molecule has 0 saturated carbocycles. The maximum atomic E-state index is 14.1. The zero-order valence-corrected chi connectivity index (χ0v) is 14.8. The van der Waals surface area contributed by atoms with Gasteiger partial charge in [-0.2, -0.15) is 0 Å². The van der Waals surface area contributed by atoms with Gasteiger partial charge in [-0.1, -0.05) is 32.0 Å². The maximum Gasteiger partial charge on any atom is 0.303 e. The standard InChI is InChI=1S/C20H22F2O4/c1-13(2)11-25-18-6-4-3-5-15(18)12-26-20-16(21)9-14(10-17(20)22)7-8-19(23)24/h3-6,9-10,13H,7-8,11-12H2,1-2H3,(H,23,24). The molecule has 0 heterocycles. The van der Waals surface area contributed by atoms with Crippen LogP contribution in [0.2, 0.25) is 0 Å². The molecular formula is C20H22F2O4. The molecule has 0 saturated heterocycles. The maximum absolute atomic E-state index is 14.1. The van der Waals surface area contributed by atoms with E-state index in [0.717, 1.165) is 12.1 Å². The van der Waals surface area contributed by atoms with Crippen molar-refractivity contribution >= 4 is 5.97 Å². The van der Waals surface area contributed by atoms with Gasteiger partial charge in [0.05, 0.1) is 6.61 Å². The van der Waals surface area contributed by atoms with Gasteiger partial charge in [0, 0.05) is 12.0 Å². The smallest absolute Gasteiger partial charge is 0.303 e. The second-order valence-corrected chi connectivity index (χ2v) is 6.38. The van der Waals surface area contributed by atoms with Crippen LogP contribution < -0.4 is 9.47 Å². The molecule has 0 aliphatic heterocycles. The number of hydrogen-bond acceptors (Lipinski definition) is 3. The molecule has 0 fully saturated rings. The number of aryl methyl sites for hydroxylation is 1. The van der Waals surface area contributed by atoms with Crippen molar-refractivity contribution in [3.63, 3.8) is 0 Å². The van der Waals surface area contributed by atoms with Gasteiger partial charge in [0.2, 0.25) is 0 Å². The van der Waals surface area contributed by atoms with Crippen LogP contribution in [-0.4, -0.2) is 17.7 Å². The molecule has 0 aliphatic rings. The zero-order valence-electron chi connectivity index (χ0n) is 14.8.